The molecule has 1 saturated heterocycles. The van der Waals surface area contributed by atoms with E-state index < -0.39 is 22.9 Å². The summed E-state index contributed by atoms with van der Waals surface area (Å²) in [6.07, 6.45) is 1.35. The van der Waals surface area contributed by atoms with Crippen molar-refractivity contribution < 1.29 is 33.1 Å². The van der Waals surface area contributed by atoms with Crippen molar-refractivity contribution in [2.45, 2.75) is 32.3 Å². The van der Waals surface area contributed by atoms with Crippen LogP contribution in [0.1, 0.15) is 12.6 Å². The van der Waals surface area contributed by atoms with E-state index in [2.05, 4.69) is 15.3 Å². The summed E-state index contributed by atoms with van der Waals surface area (Å²) in [6, 6.07) is 8.05. The minimum absolute atomic E-state index is 0.165. The number of benzene rings is 1. The van der Waals surface area contributed by atoms with E-state index in [-0.39, 0.29) is 50.1 Å². The number of halogens is 1. The number of pyridine rings is 1. The van der Waals surface area contributed by atoms with Crippen molar-refractivity contribution in [1.82, 2.24) is 19.9 Å². The zero-order valence-corrected chi connectivity index (χ0v) is 20.2. The number of carbonyl (C=O) groups excluding carboxylic acids is 2. The minimum Gasteiger partial charge on any atom is -0.443 e. The Labute approximate surface area is 215 Å². The number of hydrogen-bond acceptors (Lipinski definition) is 9. The summed E-state index contributed by atoms with van der Waals surface area (Å²) >= 11 is 0. The van der Waals surface area contributed by atoms with Crippen molar-refractivity contribution in [3.63, 3.8) is 0 Å². The molecule has 0 spiro atoms. The quantitative estimate of drug-likeness (QED) is 0.345. The summed E-state index contributed by atoms with van der Waals surface area (Å²) < 4.78 is 33.0. The van der Waals surface area contributed by atoms with Gasteiger partial charge in [-0.05, 0) is 29.2 Å². The van der Waals surface area contributed by atoms with E-state index in [9.17, 15) is 24.1 Å². The van der Waals surface area contributed by atoms with Gasteiger partial charge < -0.3 is 29.6 Å². The van der Waals surface area contributed by atoms with Crippen LogP contribution >= 0.6 is 0 Å². The Morgan fingerprint density at radius 3 is 2.87 bits per heavy atom. The lowest BCUT2D eigenvalue weighted by molar-refractivity contribution is -0.389. The highest BCUT2D eigenvalue weighted by Crippen LogP contribution is 2.29. The summed E-state index contributed by atoms with van der Waals surface area (Å²) in [5.41, 5.74) is 1.81. The molecule has 2 aliphatic rings. The fraction of sp³-hybridized carbons (Fsp3) is 0.333. The molecule has 4 heterocycles. The van der Waals surface area contributed by atoms with Crippen LogP contribution in [-0.2, 0) is 27.4 Å². The summed E-state index contributed by atoms with van der Waals surface area (Å²) in [5, 5.41) is 13.5. The molecule has 2 amide bonds. The third-order valence-electron chi connectivity index (χ3n) is 6.03. The van der Waals surface area contributed by atoms with Crippen LogP contribution in [0.15, 0.2) is 42.7 Å². The van der Waals surface area contributed by atoms with Crippen LogP contribution in [0.5, 0.6) is 6.01 Å². The van der Waals surface area contributed by atoms with Crippen molar-refractivity contribution >= 4 is 23.5 Å². The maximum Gasteiger partial charge on any atom is 0.414 e. The maximum atomic E-state index is 15.0. The van der Waals surface area contributed by atoms with E-state index >= 15 is 0 Å². The molecule has 1 aromatic carbocycles. The van der Waals surface area contributed by atoms with Gasteiger partial charge in [0.05, 0.1) is 37.6 Å². The first-order valence-corrected chi connectivity index (χ1v) is 11.7. The predicted molar refractivity (Wildman–Crippen MR) is 129 cm³/mol. The van der Waals surface area contributed by atoms with Crippen LogP contribution in [-0.4, -0.2) is 63.4 Å². The van der Waals surface area contributed by atoms with Gasteiger partial charge in [0.15, 0.2) is 0 Å². The van der Waals surface area contributed by atoms with Gasteiger partial charge in [-0.3, -0.25) is 19.2 Å². The number of nitro groups is 1. The van der Waals surface area contributed by atoms with Gasteiger partial charge in [0, 0.05) is 29.2 Å². The van der Waals surface area contributed by atoms with Gasteiger partial charge in [-0.25, -0.2) is 9.18 Å². The van der Waals surface area contributed by atoms with Crippen molar-refractivity contribution in [2.24, 2.45) is 0 Å². The van der Waals surface area contributed by atoms with Gasteiger partial charge in [0.1, 0.15) is 30.8 Å². The van der Waals surface area contributed by atoms with Gasteiger partial charge in [-0.15, -0.1) is 0 Å². The molecular formula is C24H23FN6O7. The first-order valence-electron chi connectivity index (χ1n) is 11.7. The van der Waals surface area contributed by atoms with Gasteiger partial charge in [-0.2, -0.15) is 0 Å². The molecule has 198 valence electrons. The standard InChI is InChI=1S/C24H23FN6O7/c1-14(32)26-8-18-10-30(24(33)38-18)17-4-5-20(21(25)6-17)15-2-3-16(27-7-15)12-36-19-9-29-11-22(31(34)35)28-23(29)37-13-19/h2-7,11,18-19H,8-10,12-13H2,1H3,(H,26,32)/t18-,19-/m0/s1. The number of anilines is 1. The molecule has 0 bridgehead atoms. The minimum atomic E-state index is -0.607. The van der Waals surface area contributed by atoms with Gasteiger partial charge in [0.2, 0.25) is 5.91 Å². The molecule has 0 unspecified atom stereocenters. The van der Waals surface area contributed by atoms with Gasteiger partial charge in [-0.1, -0.05) is 6.07 Å². The van der Waals surface area contributed by atoms with Crippen molar-refractivity contribution in [2.75, 3.05) is 24.6 Å². The molecule has 14 heteroatoms. The zero-order chi connectivity index (χ0) is 26.8. The van der Waals surface area contributed by atoms with E-state index in [0.717, 1.165) is 0 Å². The predicted octanol–water partition coefficient (Wildman–Crippen LogP) is 2.43. The second-order valence-corrected chi connectivity index (χ2v) is 8.79. The monoisotopic (exact) mass is 526 g/mol. The van der Waals surface area contributed by atoms with Crippen LogP contribution in [0, 0.1) is 15.9 Å². The second kappa shape index (κ2) is 10.4. The molecule has 3 aromatic rings. The summed E-state index contributed by atoms with van der Waals surface area (Å²) in [5.74, 6) is -1.05. The molecule has 2 aromatic heterocycles. The first-order chi connectivity index (χ1) is 18.3. The summed E-state index contributed by atoms with van der Waals surface area (Å²) in [7, 11) is 0. The van der Waals surface area contributed by atoms with Crippen molar-refractivity contribution in [3.05, 3.63) is 64.4 Å². The number of imidazole rings is 1. The Kier molecular flexibility index (Phi) is 6.87. The van der Waals surface area contributed by atoms with Gasteiger partial charge in [0.25, 0.3) is 0 Å². The smallest absolute Gasteiger partial charge is 0.414 e. The number of carbonyl (C=O) groups is 2. The topological polar surface area (TPSA) is 151 Å². The highest BCUT2D eigenvalue weighted by atomic mass is 19.1. The van der Waals surface area contributed by atoms with Crippen LogP contribution < -0.4 is 15.0 Å². The SMILES string of the molecule is CC(=O)NC[C@H]1CN(c2ccc(-c3ccc(CO[C@@H]4COc5nc([N+](=O)[O-])cn5C4)nc3)c(F)c2)C(=O)O1. The van der Waals surface area contributed by atoms with E-state index in [1.54, 1.807) is 24.3 Å². The van der Waals surface area contributed by atoms with E-state index in [4.69, 9.17) is 14.2 Å². The molecule has 2 aliphatic heterocycles. The molecule has 1 N–H and O–H groups in total. The lowest BCUT2D eigenvalue weighted by atomic mass is 10.1. The maximum absolute atomic E-state index is 15.0. The Balaban J connectivity index is 1.18. The average molecular weight is 526 g/mol. The number of hydrogen-bond donors (Lipinski definition) is 1. The Hall–Kier alpha value is -4.59. The number of nitrogens with one attached hydrogen (secondary N) is 1. The van der Waals surface area contributed by atoms with E-state index in [0.29, 0.717) is 29.1 Å². The zero-order valence-electron chi connectivity index (χ0n) is 20.2. The summed E-state index contributed by atoms with van der Waals surface area (Å²) in [6.45, 7) is 2.46. The molecule has 0 radical (unpaired) electrons. The second-order valence-electron chi connectivity index (χ2n) is 8.79. The number of aromatic nitrogens is 3. The Morgan fingerprint density at radius 2 is 2.16 bits per heavy atom. The molecule has 38 heavy (non-hydrogen) atoms. The fourth-order valence-corrected chi connectivity index (χ4v) is 4.13. The average Bonchev–Trinajstić information content (AvgIpc) is 3.49. The number of cyclic esters (lactones) is 1. The van der Waals surface area contributed by atoms with Crippen LogP contribution in [0.2, 0.25) is 0 Å². The van der Waals surface area contributed by atoms with Crippen LogP contribution in [0.25, 0.3) is 11.1 Å². The first kappa shape index (κ1) is 25.1. The molecule has 0 saturated carbocycles. The number of rotatable bonds is 8. The highest BCUT2D eigenvalue weighted by Gasteiger charge is 2.33. The largest absolute Gasteiger partial charge is 0.443 e. The third kappa shape index (κ3) is 5.39. The number of nitrogens with zero attached hydrogens (tertiary/aromatic N) is 5. The van der Waals surface area contributed by atoms with Crippen molar-refractivity contribution in [1.29, 1.82) is 0 Å². The number of ether oxygens (including phenoxy) is 3. The van der Waals surface area contributed by atoms with Crippen LogP contribution in [0.4, 0.5) is 20.7 Å². The lowest BCUT2D eigenvalue weighted by Gasteiger charge is -2.22. The number of fused-ring (bicyclic) bond motifs is 1. The molecule has 1 fully saturated rings. The van der Waals surface area contributed by atoms with Crippen LogP contribution in [0.3, 0.4) is 0 Å². The van der Waals surface area contributed by atoms with Gasteiger partial charge >= 0.3 is 17.9 Å². The van der Waals surface area contributed by atoms with E-state index in [1.165, 1.54) is 34.9 Å². The highest BCUT2D eigenvalue weighted by molar-refractivity contribution is 5.90. The normalized spacial score (nSPS) is 18.5. The Morgan fingerprint density at radius 1 is 1.32 bits per heavy atom. The summed E-state index contributed by atoms with van der Waals surface area (Å²) in [4.78, 5) is 43.1. The van der Waals surface area contributed by atoms with E-state index in [1.807, 2.05) is 0 Å². The third-order valence-corrected chi connectivity index (χ3v) is 6.03. The molecule has 13 nitrogen and oxygen atoms in total. The Bertz CT molecular complexity index is 1380. The number of amides is 2. The lowest BCUT2D eigenvalue weighted by Crippen LogP contribution is -2.33. The molecular weight excluding hydrogens is 503 g/mol. The molecule has 2 atom stereocenters. The van der Waals surface area contributed by atoms with Crippen molar-refractivity contribution in [3.8, 4) is 17.1 Å². The molecule has 5 rings (SSSR count). The fourth-order valence-electron chi connectivity index (χ4n) is 4.13. The molecule has 0 aliphatic carbocycles.